The van der Waals surface area contributed by atoms with E-state index < -0.39 is 29.8 Å². The second kappa shape index (κ2) is 10.8. The number of aliphatic hydroxyl groups excluding tert-OH is 1. The fraction of sp³-hybridized carbons (Fsp3) is 0.579. The van der Waals surface area contributed by atoms with Crippen LogP contribution in [0, 0.1) is 0 Å². The quantitative estimate of drug-likeness (QED) is 0.578. The zero-order valence-electron chi connectivity index (χ0n) is 16.0. The summed E-state index contributed by atoms with van der Waals surface area (Å²) in [5, 5.41) is 15.0. The van der Waals surface area contributed by atoms with Crippen molar-refractivity contribution in [3.8, 4) is 0 Å². The molecule has 7 heteroatoms. The average Bonchev–Trinajstić information content (AvgIpc) is 2.51. The van der Waals surface area contributed by atoms with E-state index in [1.807, 2.05) is 30.3 Å². The molecule has 0 saturated heterocycles. The molecule has 1 unspecified atom stereocenters. The molecule has 0 aliphatic rings. The molecule has 3 N–H and O–H groups in total. The van der Waals surface area contributed by atoms with Gasteiger partial charge in [0.25, 0.3) is 0 Å². The number of hydrogen-bond donors (Lipinski definition) is 3. The molecule has 26 heavy (non-hydrogen) atoms. The van der Waals surface area contributed by atoms with Gasteiger partial charge < -0.3 is 25.2 Å². The average molecular weight is 366 g/mol. The normalized spacial score (nSPS) is 13.6. The summed E-state index contributed by atoms with van der Waals surface area (Å²) >= 11 is 0. The first-order valence-electron chi connectivity index (χ1n) is 8.73. The van der Waals surface area contributed by atoms with E-state index in [0.29, 0.717) is 13.1 Å². The fourth-order valence-corrected chi connectivity index (χ4v) is 2.11. The van der Waals surface area contributed by atoms with Crippen molar-refractivity contribution in [2.75, 3.05) is 13.1 Å². The topological polar surface area (TPSA) is 96.9 Å². The van der Waals surface area contributed by atoms with Gasteiger partial charge in [-0.1, -0.05) is 30.3 Å². The Bertz CT molecular complexity index is 555. The van der Waals surface area contributed by atoms with Crippen molar-refractivity contribution in [2.24, 2.45) is 0 Å². The van der Waals surface area contributed by atoms with Crippen LogP contribution in [0.2, 0.25) is 0 Å². The molecule has 2 atom stereocenters. The van der Waals surface area contributed by atoms with Gasteiger partial charge in [-0.3, -0.25) is 4.79 Å². The predicted octanol–water partition coefficient (Wildman–Crippen LogP) is 1.98. The highest BCUT2D eigenvalue weighted by Crippen LogP contribution is 2.08. The van der Waals surface area contributed by atoms with Crippen LogP contribution in [0.3, 0.4) is 0 Å². The summed E-state index contributed by atoms with van der Waals surface area (Å²) in [5.41, 5.74) is 0.264. The van der Waals surface area contributed by atoms with Gasteiger partial charge >= 0.3 is 12.1 Å². The highest BCUT2D eigenvalue weighted by molar-refractivity contribution is 5.73. The third-order valence-corrected chi connectivity index (χ3v) is 3.21. The summed E-state index contributed by atoms with van der Waals surface area (Å²) in [7, 11) is 0. The molecule has 0 saturated carbocycles. The van der Waals surface area contributed by atoms with Crippen molar-refractivity contribution in [1.29, 1.82) is 0 Å². The molecule has 0 heterocycles. The van der Waals surface area contributed by atoms with Gasteiger partial charge in [0.05, 0.1) is 18.6 Å². The minimum Gasteiger partial charge on any atom is -0.461 e. The van der Waals surface area contributed by atoms with Crippen LogP contribution in [-0.4, -0.2) is 48.0 Å². The van der Waals surface area contributed by atoms with Gasteiger partial charge in [-0.15, -0.1) is 0 Å². The van der Waals surface area contributed by atoms with Crippen LogP contribution in [0.15, 0.2) is 30.3 Å². The van der Waals surface area contributed by atoms with Crippen molar-refractivity contribution >= 4 is 12.1 Å². The third-order valence-electron chi connectivity index (χ3n) is 3.21. The molecule has 0 aliphatic carbocycles. The first-order chi connectivity index (χ1) is 12.2. The summed E-state index contributed by atoms with van der Waals surface area (Å²) in [5.74, 6) is -0.422. The van der Waals surface area contributed by atoms with Crippen molar-refractivity contribution < 1.29 is 24.2 Å². The van der Waals surface area contributed by atoms with Gasteiger partial charge in [0.1, 0.15) is 12.2 Å². The molecule has 0 radical (unpaired) electrons. The number of benzene rings is 1. The number of amides is 1. The lowest BCUT2D eigenvalue weighted by Gasteiger charge is -2.23. The number of aliphatic hydroxyl groups is 1. The molecule has 7 nitrogen and oxygen atoms in total. The molecule has 0 aliphatic heterocycles. The summed E-state index contributed by atoms with van der Waals surface area (Å²) in [6.07, 6.45) is -1.13. The smallest absolute Gasteiger partial charge is 0.407 e. The first kappa shape index (κ1) is 21.9. The van der Waals surface area contributed by atoms with Crippen molar-refractivity contribution in [2.45, 2.75) is 58.5 Å². The molecule has 0 aromatic heterocycles. The van der Waals surface area contributed by atoms with Gasteiger partial charge in [-0.25, -0.2) is 4.79 Å². The van der Waals surface area contributed by atoms with E-state index in [1.165, 1.54) is 0 Å². The second-order valence-electron chi connectivity index (χ2n) is 7.20. The lowest BCUT2D eigenvalue weighted by molar-refractivity contribution is -0.145. The molecule has 0 fully saturated rings. The van der Waals surface area contributed by atoms with Crippen LogP contribution in [0.25, 0.3) is 0 Å². The van der Waals surface area contributed by atoms with Crippen LogP contribution < -0.4 is 10.6 Å². The Balaban J connectivity index is 2.53. The Morgan fingerprint density at radius 2 is 1.81 bits per heavy atom. The Morgan fingerprint density at radius 3 is 2.38 bits per heavy atom. The van der Waals surface area contributed by atoms with Crippen molar-refractivity contribution in [1.82, 2.24) is 10.6 Å². The molecule has 0 bridgehead atoms. The summed E-state index contributed by atoms with van der Waals surface area (Å²) < 4.78 is 10.5. The van der Waals surface area contributed by atoms with E-state index in [-0.39, 0.29) is 13.0 Å². The van der Waals surface area contributed by atoms with E-state index in [4.69, 9.17) is 9.47 Å². The SMILES string of the molecule is CC(O)CNC[C@H](CC(=O)OCc1ccccc1)NC(=O)OC(C)(C)C. The molecular weight excluding hydrogens is 336 g/mol. The van der Waals surface area contributed by atoms with Crippen LogP contribution >= 0.6 is 0 Å². The molecule has 1 rings (SSSR count). The zero-order valence-corrected chi connectivity index (χ0v) is 16.0. The van der Waals surface area contributed by atoms with E-state index >= 15 is 0 Å². The highest BCUT2D eigenvalue weighted by atomic mass is 16.6. The minimum atomic E-state index is -0.629. The van der Waals surface area contributed by atoms with E-state index in [2.05, 4.69) is 10.6 Å². The number of esters is 1. The number of hydrogen-bond acceptors (Lipinski definition) is 6. The van der Waals surface area contributed by atoms with Gasteiger partial charge in [0.15, 0.2) is 0 Å². The van der Waals surface area contributed by atoms with Gasteiger partial charge in [0, 0.05) is 13.1 Å². The van der Waals surface area contributed by atoms with Crippen LogP contribution in [0.4, 0.5) is 4.79 Å². The monoisotopic (exact) mass is 366 g/mol. The number of rotatable bonds is 9. The number of carbonyl (C=O) groups is 2. The maximum Gasteiger partial charge on any atom is 0.407 e. The van der Waals surface area contributed by atoms with Crippen molar-refractivity contribution in [3.05, 3.63) is 35.9 Å². The summed E-state index contributed by atoms with van der Waals surface area (Å²) in [4.78, 5) is 24.1. The largest absolute Gasteiger partial charge is 0.461 e. The fourth-order valence-electron chi connectivity index (χ4n) is 2.11. The zero-order chi connectivity index (χ0) is 19.6. The number of carbonyl (C=O) groups excluding carboxylic acids is 2. The number of alkyl carbamates (subject to hydrolysis) is 1. The third kappa shape index (κ3) is 10.7. The molecular formula is C19H30N2O5. The Kier molecular flexibility index (Phi) is 9.09. The van der Waals surface area contributed by atoms with E-state index in [0.717, 1.165) is 5.56 Å². The van der Waals surface area contributed by atoms with Gasteiger partial charge in [0.2, 0.25) is 0 Å². The van der Waals surface area contributed by atoms with Gasteiger partial charge in [-0.2, -0.15) is 0 Å². The van der Waals surface area contributed by atoms with Gasteiger partial charge in [-0.05, 0) is 33.3 Å². The molecule has 1 amide bonds. The maximum absolute atomic E-state index is 12.1. The highest BCUT2D eigenvalue weighted by Gasteiger charge is 2.22. The summed E-state index contributed by atoms with van der Waals surface area (Å²) in [6.45, 7) is 7.79. The molecule has 146 valence electrons. The summed E-state index contributed by atoms with van der Waals surface area (Å²) in [6, 6.07) is 8.86. The lowest BCUT2D eigenvalue weighted by atomic mass is 10.2. The van der Waals surface area contributed by atoms with E-state index in [1.54, 1.807) is 27.7 Å². The standard InChI is InChI=1S/C19H30N2O5/c1-14(22)11-20-12-16(21-18(24)26-19(2,3)4)10-17(23)25-13-15-8-6-5-7-9-15/h5-9,14,16,20,22H,10-13H2,1-4H3,(H,21,24)/t14?,16-/m0/s1. The Morgan fingerprint density at radius 1 is 1.15 bits per heavy atom. The Hall–Kier alpha value is -2.12. The molecule has 1 aromatic rings. The van der Waals surface area contributed by atoms with Crippen molar-refractivity contribution in [3.63, 3.8) is 0 Å². The number of nitrogens with one attached hydrogen (secondary N) is 2. The molecule has 0 spiro atoms. The number of ether oxygens (including phenoxy) is 2. The first-order valence-corrected chi connectivity index (χ1v) is 8.73. The van der Waals surface area contributed by atoms with Crippen LogP contribution in [-0.2, 0) is 20.9 Å². The minimum absolute atomic E-state index is 0.00111. The van der Waals surface area contributed by atoms with E-state index in [9.17, 15) is 14.7 Å². The second-order valence-corrected chi connectivity index (χ2v) is 7.20. The Labute approximate surface area is 155 Å². The van der Waals surface area contributed by atoms with Crippen LogP contribution in [0.1, 0.15) is 39.7 Å². The lowest BCUT2D eigenvalue weighted by Crippen LogP contribution is -2.46. The molecule has 1 aromatic carbocycles. The predicted molar refractivity (Wildman–Crippen MR) is 98.6 cm³/mol. The maximum atomic E-state index is 12.1. The van der Waals surface area contributed by atoms with Crippen LogP contribution in [0.5, 0.6) is 0 Å².